The molecule has 0 spiro atoms. The van der Waals surface area contributed by atoms with Crippen molar-refractivity contribution in [1.29, 1.82) is 0 Å². The van der Waals surface area contributed by atoms with E-state index in [2.05, 4.69) is 5.16 Å². The fourth-order valence-electron chi connectivity index (χ4n) is 1.62. The molecular formula is C15H15FN2O2. The van der Waals surface area contributed by atoms with E-state index < -0.39 is 0 Å². The molecule has 0 heterocycles. The van der Waals surface area contributed by atoms with Gasteiger partial charge in [0.2, 0.25) is 0 Å². The second kappa shape index (κ2) is 6.68. The molecule has 0 atom stereocenters. The van der Waals surface area contributed by atoms with Gasteiger partial charge in [-0.25, -0.2) is 4.39 Å². The molecule has 0 saturated carbocycles. The molecule has 0 saturated heterocycles. The predicted octanol–water partition coefficient (Wildman–Crippen LogP) is 2.16. The Morgan fingerprint density at radius 1 is 1.15 bits per heavy atom. The van der Waals surface area contributed by atoms with Crippen molar-refractivity contribution in [3.05, 3.63) is 71.0 Å². The zero-order chi connectivity index (χ0) is 14.4. The van der Waals surface area contributed by atoms with E-state index in [-0.39, 0.29) is 24.9 Å². The van der Waals surface area contributed by atoms with Crippen LogP contribution in [0.5, 0.6) is 0 Å². The van der Waals surface area contributed by atoms with Gasteiger partial charge in [0.05, 0.1) is 6.61 Å². The first-order valence-electron chi connectivity index (χ1n) is 6.09. The average molecular weight is 274 g/mol. The topological polar surface area (TPSA) is 67.8 Å². The maximum absolute atomic E-state index is 13.0. The van der Waals surface area contributed by atoms with Crippen LogP contribution < -0.4 is 5.73 Å². The molecule has 3 N–H and O–H groups in total. The molecule has 20 heavy (non-hydrogen) atoms. The largest absolute Gasteiger partial charge is 0.392 e. The van der Waals surface area contributed by atoms with Crippen molar-refractivity contribution < 1.29 is 14.3 Å². The van der Waals surface area contributed by atoms with Crippen molar-refractivity contribution in [2.45, 2.75) is 13.2 Å². The van der Waals surface area contributed by atoms with E-state index in [1.165, 1.54) is 12.1 Å². The lowest BCUT2D eigenvalue weighted by Crippen LogP contribution is -2.14. The average Bonchev–Trinajstić information content (AvgIpc) is 2.48. The second-order valence-corrected chi connectivity index (χ2v) is 4.23. The first kappa shape index (κ1) is 14.0. The van der Waals surface area contributed by atoms with E-state index in [0.717, 1.165) is 11.1 Å². The quantitative estimate of drug-likeness (QED) is 0.499. The molecule has 5 heteroatoms. The molecule has 4 nitrogen and oxygen atoms in total. The van der Waals surface area contributed by atoms with Crippen LogP contribution in [-0.2, 0) is 18.1 Å². The van der Waals surface area contributed by atoms with E-state index in [1.807, 2.05) is 12.1 Å². The van der Waals surface area contributed by atoms with Crippen molar-refractivity contribution in [3.8, 4) is 0 Å². The van der Waals surface area contributed by atoms with Crippen LogP contribution >= 0.6 is 0 Å². The second-order valence-electron chi connectivity index (χ2n) is 4.23. The molecule has 0 amide bonds. The van der Waals surface area contributed by atoms with Crippen molar-refractivity contribution in [2.24, 2.45) is 10.9 Å². The Kier molecular flexibility index (Phi) is 4.68. The zero-order valence-electron chi connectivity index (χ0n) is 10.8. The van der Waals surface area contributed by atoms with Crippen LogP contribution in [0, 0.1) is 5.82 Å². The predicted molar refractivity (Wildman–Crippen MR) is 74.3 cm³/mol. The summed E-state index contributed by atoms with van der Waals surface area (Å²) >= 11 is 0. The maximum Gasteiger partial charge on any atom is 0.170 e. The number of aliphatic hydroxyl groups excluding tert-OH is 1. The van der Waals surface area contributed by atoms with Crippen LogP contribution in [0.3, 0.4) is 0 Å². The monoisotopic (exact) mass is 274 g/mol. The molecule has 0 aromatic heterocycles. The number of halogens is 1. The summed E-state index contributed by atoms with van der Waals surface area (Å²) in [5, 5.41) is 12.7. The van der Waals surface area contributed by atoms with Crippen molar-refractivity contribution in [2.75, 3.05) is 0 Å². The summed E-state index contributed by atoms with van der Waals surface area (Å²) in [4.78, 5) is 5.13. The van der Waals surface area contributed by atoms with Gasteiger partial charge in [-0.15, -0.1) is 0 Å². The molecule has 0 fully saturated rings. The van der Waals surface area contributed by atoms with E-state index in [1.54, 1.807) is 24.3 Å². The minimum Gasteiger partial charge on any atom is -0.392 e. The third-order valence-electron chi connectivity index (χ3n) is 2.72. The Balaban J connectivity index is 1.95. The molecule has 104 valence electrons. The molecule has 2 aromatic carbocycles. The molecule has 2 rings (SSSR count). The molecule has 0 aliphatic carbocycles. The summed E-state index contributed by atoms with van der Waals surface area (Å²) in [6.07, 6.45) is 0. The third-order valence-corrected chi connectivity index (χ3v) is 2.72. The highest BCUT2D eigenvalue weighted by molar-refractivity contribution is 5.96. The lowest BCUT2D eigenvalue weighted by atomic mass is 10.1. The lowest BCUT2D eigenvalue weighted by Gasteiger charge is -2.03. The van der Waals surface area contributed by atoms with Crippen LogP contribution in [0.1, 0.15) is 16.7 Å². The minimum absolute atomic E-state index is 0.00576. The van der Waals surface area contributed by atoms with Gasteiger partial charge in [0.1, 0.15) is 12.4 Å². The SMILES string of the molecule is N/C(=N/OCc1ccc(CO)cc1)c1cccc(F)c1. The fraction of sp³-hybridized carbons (Fsp3) is 0.133. The Hall–Kier alpha value is -2.40. The fourth-order valence-corrected chi connectivity index (χ4v) is 1.62. The highest BCUT2D eigenvalue weighted by atomic mass is 19.1. The highest BCUT2D eigenvalue weighted by Crippen LogP contribution is 2.07. The van der Waals surface area contributed by atoms with Gasteiger partial charge < -0.3 is 15.7 Å². The number of nitrogens with zero attached hydrogens (tertiary/aromatic N) is 1. The molecule has 0 unspecified atom stereocenters. The number of nitrogens with two attached hydrogens (primary N) is 1. The van der Waals surface area contributed by atoms with E-state index in [9.17, 15) is 4.39 Å². The van der Waals surface area contributed by atoms with Gasteiger partial charge in [-0.2, -0.15) is 0 Å². The number of aliphatic hydroxyl groups is 1. The van der Waals surface area contributed by atoms with Gasteiger partial charge in [-0.05, 0) is 23.3 Å². The van der Waals surface area contributed by atoms with Crippen LogP contribution in [0.2, 0.25) is 0 Å². The van der Waals surface area contributed by atoms with Crippen LogP contribution in [0.25, 0.3) is 0 Å². The van der Waals surface area contributed by atoms with Gasteiger partial charge in [0, 0.05) is 5.56 Å². The Bertz CT molecular complexity index is 597. The van der Waals surface area contributed by atoms with Gasteiger partial charge in [0.25, 0.3) is 0 Å². The van der Waals surface area contributed by atoms with Crippen molar-refractivity contribution in [3.63, 3.8) is 0 Å². The smallest absolute Gasteiger partial charge is 0.170 e. The van der Waals surface area contributed by atoms with E-state index in [0.29, 0.717) is 5.56 Å². The van der Waals surface area contributed by atoms with Crippen molar-refractivity contribution >= 4 is 5.84 Å². The highest BCUT2D eigenvalue weighted by Gasteiger charge is 2.01. The summed E-state index contributed by atoms with van der Waals surface area (Å²) in [7, 11) is 0. The van der Waals surface area contributed by atoms with Gasteiger partial charge in [-0.3, -0.25) is 0 Å². The van der Waals surface area contributed by atoms with Crippen LogP contribution in [0.4, 0.5) is 4.39 Å². The Morgan fingerprint density at radius 3 is 2.50 bits per heavy atom. The number of rotatable bonds is 5. The molecule has 0 aliphatic heterocycles. The molecule has 0 aliphatic rings. The van der Waals surface area contributed by atoms with Crippen LogP contribution in [0.15, 0.2) is 53.7 Å². The summed E-state index contributed by atoms with van der Waals surface area (Å²) in [5.41, 5.74) is 7.90. The zero-order valence-corrected chi connectivity index (χ0v) is 10.8. The first-order valence-corrected chi connectivity index (χ1v) is 6.09. The number of benzene rings is 2. The van der Waals surface area contributed by atoms with Crippen LogP contribution in [-0.4, -0.2) is 10.9 Å². The number of amidine groups is 1. The first-order chi connectivity index (χ1) is 9.69. The lowest BCUT2D eigenvalue weighted by molar-refractivity contribution is 0.130. The number of oxime groups is 1. The molecule has 0 bridgehead atoms. The van der Waals surface area contributed by atoms with Crippen molar-refractivity contribution in [1.82, 2.24) is 0 Å². The van der Waals surface area contributed by atoms with Gasteiger partial charge >= 0.3 is 0 Å². The van der Waals surface area contributed by atoms with E-state index >= 15 is 0 Å². The number of hydrogen-bond acceptors (Lipinski definition) is 3. The third kappa shape index (κ3) is 3.80. The summed E-state index contributed by atoms with van der Waals surface area (Å²) in [5.74, 6) is -0.253. The molecule has 0 radical (unpaired) electrons. The van der Waals surface area contributed by atoms with E-state index in [4.69, 9.17) is 15.7 Å². The maximum atomic E-state index is 13.0. The Morgan fingerprint density at radius 2 is 1.85 bits per heavy atom. The van der Waals surface area contributed by atoms with Gasteiger partial charge in [0.15, 0.2) is 5.84 Å². The summed E-state index contributed by atoms with van der Waals surface area (Å²) in [6.45, 7) is 0.257. The summed E-state index contributed by atoms with van der Waals surface area (Å²) < 4.78 is 13.0. The normalized spacial score (nSPS) is 11.4. The number of hydrogen-bond donors (Lipinski definition) is 2. The Labute approximate surface area is 116 Å². The minimum atomic E-state index is -0.375. The summed E-state index contributed by atoms with van der Waals surface area (Å²) in [6, 6.07) is 13.1. The van der Waals surface area contributed by atoms with Gasteiger partial charge in [-0.1, -0.05) is 41.6 Å². The molecule has 2 aromatic rings. The molecular weight excluding hydrogens is 259 g/mol. The standard InChI is InChI=1S/C15H15FN2O2/c16-14-3-1-2-13(8-14)15(17)18-20-10-12-6-4-11(9-19)5-7-12/h1-8,19H,9-10H2,(H2,17,18).